The number of nitrogens with one attached hydrogen (secondary N) is 1. The Morgan fingerprint density at radius 2 is 1.93 bits per heavy atom. The van der Waals surface area contributed by atoms with E-state index in [4.69, 9.17) is 27.6 Å². The van der Waals surface area contributed by atoms with Gasteiger partial charge in [-0.05, 0) is 66.4 Å². The van der Waals surface area contributed by atoms with Gasteiger partial charge in [-0.1, -0.05) is 49.2 Å². The van der Waals surface area contributed by atoms with Crippen LogP contribution in [0.2, 0.25) is 10.0 Å². The Labute approximate surface area is 184 Å². The number of benzene rings is 3. The Balaban J connectivity index is 1.65. The SMILES string of the molecule is CCC(C)c1ccc2oc(-c3ccc(Cl)c(NC(=O)c4cccc(Cl)c4)c3)nc2c1. The fraction of sp³-hybridized carbons (Fsp3) is 0.167. The van der Waals surface area contributed by atoms with Crippen molar-refractivity contribution in [1.29, 1.82) is 0 Å². The van der Waals surface area contributed by atoms with Gasteiger partial charge in [0.05, 0.1) is 10.7 Å². The van der Waals surface area contributed by atoms with E-state index >= 15 is 0 Å². The number of anilines is 1. The molecule has 6 heteroatoms. The average molecular weight is 439 g/mol. The maximum Gasteiger partial charge on any atom is 0.255 e. The van der Waals surface area contributed by atoms with E-state index in [0.29, 0.717) is 33.1 Å². The first-order valence-corrected chi connectivity index (χ1v) is 10.5. The van der Waals surface area contributed by atoms with Crippen molar-refractivity contribution in [3.63, 3.8) is 0 Å². The molecular weight excluding hydrogens is 419 g/mol. The second-order valence-corrected chi connectivity index (χ2v) is 8.06. The van der Waals surface area contributed by atoms with Gasteiger partial charge >= 0.3 is 0 Å². The van der Waals surface area contributed by atoms with Crippen molar-refractivity contribution in [1.82, 2.24) is 4.98 Å². The van der Waals surface area contributed by atoms with Crippen molar-refractivity contribution in [2.24, 2.45) is 0 Å². The van der Waals surface area contributed by atoms with Crippen LogP contribution in [0.4, 0.5) is 5.69 Å². The fourth-order valence-corrected chi connectivity index (χ4v) is 3.54. The number of nitrogens with zero attached hydrogens (tertiary/aromatic N) is 1. The van der Waals surface area contributed by atoms with Crippen LogP contribution in [0.25, 0.3) is 22.6 Å². The Morgan fingerprint density at radius 1 is 1.10 bits per heavy atom. The van der Waals surface area contributed by atoms with Crippen LogP contribution in [-0.4, -0.2) is 10.9 Å². The maximum atomic E-state index is 12.6. The molecule has 0 saturated heterocycles. The number of aromatic nitrogens is 1. The summed E-state index contributed by atoms with van der Waals surface area (Å²) in [5, 5.41) is 3.74. The van der Waals surface area contributed by atoms with E-state index in [1.165, 1.54) is 5.56 Å². The topological polar surface area (TPSA) is 55.1 Å². The second-order valence-electron chi connectivity index (χ2n) is 7.21. The summed E-state index contributed by atoms with van der Waals surface area (Å²) in [6.45, 7) is 4.35. The Morgan fingerprint density at radius 3 is 2.70 bits per heavy atom. The number of amides is 1. The molecule has 1 aromatic heterocycles. The number of hydrogen-bond acceptors (Lipinski definition) is 3. The van der Waals surface area contributed by atoms with Crippen LogP contribution in [0.1, 0.15) is 42.1 Å². The van der Waals surface area contributed by atoms with Gasteiger partial charge in [-0.3, -0.25) is 4.79 Å². The number of carbonyl (C=O) groups is 1. The number of halogens is 2. The van der Waals surface area contributed by atoms with E-state index < -0.39 is 0 Å². The molecule has 4 aromatic rings. The molecule has 1 amide bonds. The minimum Gasteiger partial charge on any atom is -0.436 e. The van der Waals surface area contributed by atoms with Gasteiger partial charge in [0.2, 0.25) is 5.89 Å². The zero-order valence-corrected chi connectivity index (χ0v) is 18.1. The van der Waals surface area contributed by atoms with Crippen LogP contribution in [-0.2, 0) is 0 Å². The molecular formula is C24H20Cl2N2O2. The first-order chi connectivity index (χ1) is 14.4. The van der Waals surface area contributed by atoms with Gasteiger partial charge in [0.15, 0.2) is 5.58 Å². The van der Waals surface area contributed by atoms with Crippen molar-refractivity contribution in [3.05, 3.63) is 81.8 Å². The van der Waals surface area contributed by atoms with Crippen molar-refractivity contribution in [2.45, 2.75) is 26.2 Å². The molecule has 0 bridgehead atoms. The molecule has 0 fully saturated rings. The minimum atomic E-state index is -0.299. The van der Waals surface area contributed by atoms with Crippen LogP contribution >= 0.6 is 23.2 Å². The Bertz CT molecular complexity index is 1230. The standard InChI is InChI=1S/C24H20Cl2N2O2/c1-3-14(2)15-8-10-22-21(12-15)28-24(30-22)17-7-9-19(26)20(13-17)27-23(29)16-5-4-6-18(25)11-16/h4-14H,3H2,1-2H3,(H,27,29). The maximum absolute atomic E-state index is 12.6. The average Bonchev–Trinajstić information content (AvgIpc) is 3.18. The van der Waals surface area contributed by atoms with Gasteiger partial charge < -0.3 is 9.73 Å². The lowest BCUT2D eigenvalue weighted by atomic mass is 9.98. The molecule has 30 heavy (non-hydrogen) atoms. The third-order valence-corrected chi connectivity index (χ3v) is 5.71. The summed E-state index contributed by atoms with van der Waals surface area (Å²) in [5.41, 5.74) is 4.40. The molecule has 1 N–H and O–H groups in total. The van der Waals surface area contributed by atoms with Crippen molar-refractivity contribution < 1.29 is 9.21 Å². The summed E-state index contributed by atoms with van der Waals surface area (Å²) in [4.78, 5) is 17.2. The molecule has 0 radical (unpaired) electrons. The first-order valence-electron chi connectivity index (χ1n) is 9.72. The normalized spacial score (nSPS) is 12.1. The summed E-state index contributed by atoms with van der Waals surface area (Å²) in [5.74, 6) is 0.631. The number of carbonyl (C=O) groups excluding carboxylic acids is 1. The third-order valence-electron chi connectivity index (χ3n) is 5.14. The van der Waals surface area contributed by atoms with E-state index in [-0.39, 0.29) is 5.91 Å². The largest absolute Gasteiger partial charge is 0.436 e. The number of hydrogen-bond donors (Lipinski definition) is 1. The van der Waals surface area contributed by atoms with Crippen LogP contribution in [0.5, 0.6) is 0 Å². The highest BCUT2D eigenvalue weighted by atomic mass is 35.5. The lowest BCUT2D eigenvalue weighted by Gasteiger charge is -2.09. The lowest BCUT2D eigenvalue weighted by molar-refractivity contribution is 0.102. The Kier molecular flexibility index (Phi) is 5.80. The summed E-state index contributed by atoms with van der Waals surface area (Å²) in [6, 6.07) is 18.1. The van der Waals surface area contributed by atoms with E-state index in [9.17, 15) is 4.79 Å². The van der Waals surface area contributed by atoms with E-state index in [1.807, 2.05) is 12.1 Å². The quantitative estimate of drug-likeness (QED) is 0.349. The molecule has 4 rings (SSSR count). The molecule has 1 atom stereocenters. The van der Waals surface area contributed by atoms with Crippen LogP contribution in [0, 0.1) is 0 Å². The van der Waals surface area contributed by atoms with Gasteiger partial charge in [0, 0.05) is 16.1 Å². The van der Waals surface area contributed by atoms with E-state index in [0.717, 1.165) is 23.1 Å². The smallest absolute Gasteiger partial charge is 0.255 e. The highest BCUT2D eigenvalue weighted by Crippen LogP contribution is 2.32. The van der Waals surface area contributed by atoms with Gasteiger partial charge in [0.25, 0.3) is 5.91 Å². The van der Waals surface area contributed by atoms with Gasteiger partial charge in [0.1, 0.15) is 5.52 Å². The Hall–Kier alpha value is -2.82. The molecule has 0 aliphatic heterocycles. The molecule has 1 unspecified atom stereocenters. The molecule has 0 saturated carbocycles. The number of oxazole rings is 1. The van der Waals surface area contributed by atoms with E-state index in [2.05, 4.69) is 36.3 Å². The zero-order chi connectivity index (χ0) is 21.3. The van der Waals surface area contributed by atoms with Gasteiger partial charge in [-0.25, -0.2) is 4.98 Å². The van der Waals surface area contributed by atoms with Gasteiger partial charge in [-0.15, -0.1) is 0 Å². The minimum absolute atomic E-state index is 0.299. The van der Waals surface area contributed by atoms with Crippen LogP contribution in [0.15, 0.2) is 65.1 Å². The molecule has 0 aliphatic carbocycles. The summed E-state index contributed by atoms with van der Waals surface area (Å²) >= 11 is 12.3. The van der Waals surface area contributed by atoms with Crippen LogP contribution < -0.4 is 5.32 Å². The second kappa shape index (κ2) is 8.50. The molecule has 0 spiro atoms. The summed E-state index contributed by atoms with van der Waals surface area (Å²) in [6.07, 6.45) is 1.06. The fourth-order valence-electron chi connectivity index (χ4n) is 3.19. The predicted octanol–water partition coefficient (Wildman–Crippen LogP) is 7.57. The summed E-state index contributed by atoms with van der Waals surface area (Å²) in [7, 11) is 0. The molecule has 0 aliphatic rings. The highest BCUT2D eigenvalue weighted by Gasteiger charge is 2.14. The number of fused-ring (bicyclic) bond motifs is 1. The first kappa shape index (κ1) is 20.5. The van der Waals surface area contributed by atoms with Crippen molar-refractivity contribution in [3.8, 4) is 11.5 Å². The highest BCUT2D eigenvalue weighted by molar-refractivity contribution is 6.34. The molecule has 3 aromatic carbocycles. The van der Waals surface area contributed by atoms with E-state index in [1.54, 1.807) is 36.4 Å². The molecule has 4 nitrogen and oxygen atoms in total. The summed E-state index contributed by atoms with van der Waals surface area (Å²) < 4.78 is 5.94. The van der Waals surface area contributed by atoms with Crippen LogP contribution in [0.3, 0.4) is 0 Å². The number of rotatable bonds is 5. The third kappa shape index (κ3) is 4.20. The molecule has 1 heterocycles. The zero-order valence-electron chi connectivity index (χ0n) is 16.6. The monoisotopic (exact) mass is 438 g/mol. The van der Waals surface area contributed by atoms with Crippen molar-refractivity contribution in [2.75, 3.05) is 5.32 Å². The predicted molar refractivity (Wildman–Crippen MR) is 123 cm³/mol. The van der Waals surface area contributed by atoms with Crippen molar-refractivity contribution >= 4 is 45.9 Å². The lowest BCUT2D eigenvalue weighted by Crippen LogP contribution is -2.12. The molecule has 152 valence electrons. The van der Waals surface area contributed by atoms with Gasteiger partial charge in [-0.2, -0.15) is 0 Å².